The van der Waals surface area contributed by atoms with Gasteiger partial charge < -0.3 is 27.9 Å². The predicted octanol–water partition coefficient (Wildman–Crippen LogP) is 12.9. The van der Waals surface area contributed by atoms with Crippen molar-refractivity contribution in [3.8, 4) is 0 Å². The number of esters is 1. The number of phosphoric ester groups is 1. The van der Waals surface area contributed by atoms with Gasteiger partial charge in [0.25, 0.3) is 7.82 Å². The molecule has 0 rings (SSSR count). The van der Waals surface area contributed by atoms with Crippen LogP contribution < -0.4 is 4.89 Å². The number of rotatable bonds is 41. The van der Waals surface area contributed by atoms with Crippen molar-refractivity contribution in [1.82, 2.24) is 0 Å². The predicted molar refractivity (Wildman–Crippen MR) is 240 cm³/mol. The summed E-state index contributed by atoms with van der Waals surface area (Å²) in [7, 11) is 1.33. The fourth-order valence-electron chi connectivity index (χ4n) is 5.74. The fraction of sp³-hybridized carbons (Fsp3) is 0.729. The Hall–Kier alpha value is -2.06. The minimum atomic E-state index is -4.54. The number of phosphoric acid groups is 1. The number of ether oxygens (including phenoxy) is 2. The van der Waals surface area contributed by atoms with Crippen LogP contribution in [0, 0.1) is 0 Å². The van der Waals surface area contributed by atoms with Crippen LogP contribution in [0.3, 0.4) is 0 Å². The molecule has 0 saturated carbocycles. The number of allylic oxidation sites excluding steroid dienone is 12. The molecule has 0 spiro atoms. The van der Waals surface area contributed by atoms with E-state index in [9.17, 15) is 14.3 Å². The van der Waals surface area contributed by atoms with Gasteiger partial charge in [0.15, 0.2) is 0 Å². The summed E-state index contributed by atoms with van der Waals surface area (Å²) in [5.74, 6) is -0.354. The van der Waals surface area contributed by atoms with E-state index < -0.39 is 13.9 Å². The highest BCUT2D eigenvalue weighted by Gasteiger charge is 2.20. The first kappa shape index (κ1) is 54.9. The first-order chi connectivity index (χ1) is 27.6. The molecule has 57 heavy (non-hydrogen) atoms. The zero-order valence-electron chi connectivity index (χ0n) is 37.3. The number of hydrogen-bond acceptors (Lipinski definition) is 7. The number of hydrogen-bond donors (Lipinski definition) is 0. The Morgan fingerprint density at radius 2 is 1.02 bits per heavy atom. The molecule has 2 atom stereocenters. The number of unbranched alkanes of at least 4 members (excludes halogenated alkanes) is 15. The zero-order valence-corrected chi connectivity index (χ0v) is 38.2. The van der Waals surface area contributed by atoms with Gasteiger partial charge in [0.1, 0.15) is 19.3 Å². The summed E-state index contributed by atoms with van der Waals surface area (Å²) in [6, 6.07) is 0. The summed E-state index contributed by atoms with van der Waals surface area (Å²) in [6.45, 7) is 5.21. The van der Waals surface area contributed by atoms with E-state index in [1.165, 1.54) is 57.8 Å². The van der Waals surface area contributed by atoms with Gasteiger partial charge in [-0.25, -0.2) is 0 Å². The number of quaternary nitrogens is 1. The summed E-state index contributed by atoms with van der Waals surface area (Å²) >= 11 is 0. The third kappa shape index (κ3) is 44.9. The third-order valence-electron chi connectivity index (χ3n) is 9.24. The highest BCUT2D eigenvalue weighted by Crippen LogP contribution is 2.38. The van der Waals surface area contributed by atoms with Crippen LogP contribution in [-0.2, 0) is 27.9 Å². The Kier molecular flexibility index (Phi) is 39.2. The van der Waals surface area contributed by atoms with Gasteiger partial charge in [0.2, 0.25) is 0 Å². The molecule has 0 amide bonds. The molecule has 0 aromatic carbocycles. The molecule has 0 bridgehead atoms. The van der Waals surface area contributed by atoms with Crippen molar-refractivity contribution in [3.63, 3.8) is 0 Å². The van der Waals surface area contributed by atoms with Crippen molar-refractivity contribution < 1.29 is 37.3 Å². The molecule has 0 aliphatic heterocycles. The van der Waals surface area contributed by atoms with Crippen molar-refractivity contribution in [2.24, 2.45) is 0 Å². The average molecular weight is 820 g/mol. The van der Waals surface area contributed by atoms with Crippen molar-refractivity contribution in [1.29, 1.82) is 0 Å². The fourth-order valence-corrected chi connectivity index (χ4v) is 6.47. The topological polar surface area (TPSA) is 94.1 Å². The molecule has 0 aromatic heterocycles. The maximum absolute atomic E-state index is 12.7. The highest BCUT2D eigenvalue weighted by atomic mass is 31.2. The summed E-state index contributed by atoms with van der Waals surface area (Å²) in [4.78, 5) is 25.1. The lowest BCUT2D eigenvalue weighted by atomic mass is 10.1. The molecule has 0 fully saturated rings. The van der Waals surface area contributed by atoms with Crippen LogP contribution in [0.1, 0.15) is 168 Å². The Morgan fingerprint density at radius 1 is 0.561 bits per heavy atom. The molecule has 2 unspecified atom stereocenters. The summed E-state index contributed by atoms with van der Waals surface area (Å²) in [5.41, 5.74) is 0. The zero-order chi connectivity index (χ0) is 42.0. The quantitative estimate of drug-likeness (QED) is 0.0199. The number of likely N-dealkylation sites (N-methyl/N-ethyl adjacent to an activating group) is 1. The number of carbonyl (C=O) groups excluding carboxylic acids is 1. The first-order valence-corrected chi connectivity index (χ1v) is 24.1. The minimum Gasteiger partial charge on any atom is -0.756 e. The van der Waals surface area contributed by atoms with Crippen molar-refractivity contribution in [2.45, 2.75) is 174 Å². The lowest BCUT2D eigenvalue weighted by Gasteiger charge is -2.28. The van der Waals surface area contributed by atoms with Gasteiger partial charge in [0.05, 0.1) is 34.4 Å². The molecule has 0 N–H and O–H groups in total. The van der Waals surface area contributed by atoms with E-state index in [0.29, 0.717) is 24.1 Å². The Balaban J connectivity index is 4.28. The third-order valence-corrected chi connectivity index (χ3v) is 10.2. The molecule has 8 nitrogen and oxygen atoms in total. The van der Waals surface area contributed by atoms with Gasteiger partial charge in [-0.1, -0.05) is 151 Å². The van der Waals surface area contributed by atoms with Gasteiger partial charge in [-0.2, -0.15) is 0 Å². The molecule has 330 valence electrons. The highest BCUT2D eigenvalue weighted by molar-refractivity contribution is 7.45. The van der Waals surface area contributed by atoms with Crippen LogP contribution >= 0.6 is 7.82 Å². The molecular weight excluding hydrogens is 734 g/mol. The first-order valence-electron chi connectivity index (χ1n) is 22.7. The van der Waals surface area contributed by atoms with Crippen molar-refractivity contribution in [2.75, 3.05) is 54.1 Å². The second kappa shape index (κ2) is 40.7. The maximum atomic E-state index is 12.7. The monoisotopic (exact) mass is 820 g/mol. The molecule has 0 heterocycles. The summed E-state index contributed by atoms with van der Waals surface area (Å²) in [5, 5.41) is 0. The van der Waals surface area contributed by atoms with Gasteiger partial charge in [-0.15, -0.1) is 0 Å². The average Bonchev–Trinajstić information content (AvgIpc) is 3.16. The summed E-state index contributed by atoms with van der Waals surface area (Å²) < 4.78 is 34.6. The largest absolute Gasteiger partial charge is 0.756 e. The van der Waals surface area contributed by atoms with Crippen LogP contribution in [0.5, 0.6) is 0 Å². The maximum Gasteiger partial charge on any atom is 0.306 e. The lowest BCUT2D eigenvalue weighted by Crippen LogP contribution is -2.37. The smallest absolute Gasteiger partial charge is 0.306 e. The minimum absolute atomic E-state index is 0.0167. The normalized spacial score (nSPS) is 14.4. The van der Waals surface area contributed by atoms with E-state index in [2.05, 4.69) is 86.8 Å². The molecular formula is C48H86NO7P. The van der Waals surface area contributed by atoms with E-state index >= 15 is 0 Å². The van der Waals surface area contributed by atoms with Crippen LogP contribution in [0.2, 0.25) is 0 Å². The van der Waals surface area contributed by atoms with E-state index in [-0.39, 0.29) is 25.8 Å². The van der Waals surface area contributed by atoms with Gasteiger partial charge in [-0.3, -0.25) is 9.36 Å². The molecule has 0 aliphatic carbocycles. The lowest BCUT2D eigenvalue weighted by molar-refractivity contribution is -0.870. The van der Waals surface area contributed by atoms with E-state index in [1.54, 1.807) is 0 Å². The molecule has 0 aliphatic rings. The number of nitrogens with zero attached hydrogens (tertiary/aromatic N) is 1. The van der Waals surface area contributed by atoms with Gasteiger partial charge in [0, 0.05) is 13.0 Å². The Bertz CT molecular complexity index is 1140. The number of carbonyl (C=O) groups is 1. The summed E-state index contributed by atoms with van der Waals surface area (Å²) in [6.07, 6.45) is 51.9. The van der Waals surface area contributed by atoms with E-state index in [4.69, 9.17) is 18.5 Å². The van der Waals surface area contributed by atoms with Crippen LogP contribution in [0.4, 0.5) is 0 Å². The second-order valence-electron chi connectivity index (χ2n) is 16.0. The SMILES string of the molecule is CC/C=C\C/C=C\C/C=C\CCCCCCCCOCC(COP(=O)([O-])OCC[N+](C)(C)C)OC(=O)CCCCCCCC/C=C\C/C=C\C/C=C\CCCCC. The Morgan fingerprint density at radius 3 is 1.53 bits per heavy atom. The standard InChI is InChI=1S/C48H86NO7P/c1-6-8-10-12-14-16-18-20-22-24-25-26-27-29-31-33-35-37-39-41-48(50)56-47(46-55-57(51,52)54-44-42-49(3,4)5)45-53-43-40-38-36-34-32-30-28-23-21-19-17-15-13-11-9-7-2/h9,11,14-17,20-23,25-26,47H,6-8,10,12-13,18-19,24,27-46H2,1-5H3/b11-9-,16-14-,17-15-,22-20-,23-21-,26-25-. The molecule has 9 heteroatoms. The van der Waals surface area contributed by atoms with Crippen LogP contribution in [-0.4, -0.2) is 70.7 Å². The molecule has 0 saturated heterocycles. The second-order valence-corrected chi connectivity index (χ2v) is 17.4. The van der Waals surface area contributed by atoms with Crippen LogP contribution in [0.25, 0.3) is 0 Å². The van der Waals surface area contributed by atoms with Gasteiger partial charge in [-0.05, 0) is 83.5 Å². The van der Waals surface area contributed by atoms with E-state index in [1.807, 2.05) is 21.1 Å². The van der Waals surface area contributed by atoms with Gasteiger partial charge >= 0.3 is 5.97 Å². The molecule has 0 aromatic rings. The molecule has 0 radical (unpaired) electrons. The van der Waals surface area contributed by atoms with E-state index in [0.717, 1.165) is 89.9 Å². The van der Waals surface area contributed by atoms with Crippen molar-refractivity contribution >= 4 is 13.8 Å². The van der Waals surface area contributed by atoms with Crippen molar-refractivity contribution in [3.05, 3.63) is 72.9 Å². The Labute approximate surface area is 351 Å². The van der Waals surface area contributed by atoms with Crippen LogP contribution in [0.15, 0.2) is 72.9 Å².